The van der Waals surface area contributed by atoms with E-state index >= 15 is 0 Å². The fourth-order valence-electron chi connectivity index (χ4n) is 3.39. The topological polar surface area (TPSA) is 46.6 Å². The van der Waals surface area contributed by atoms with Gasteiger partial charge in [-0.2, -0.15) is 0 Å². The number of hydrogen-bond acceptors (Lipinski definition) is 3. The molecule has 0 aromatic rings. The molecule has 0 spiro atoms. The van der Waals surface area contributed by atoms with Crippen LogP contribution < -0.4 is 0 Å². The van der Waals surface area contributed by atoms with Crippen molar-refractivity contribution in [3.8, 4) is 0 Å². The quantitative estimate of drug-likeness (QED) is 0.734. The SMILES string of the molecule is COC(=O)C1CCCC(C(C)(C)N2CC=CC2=O)C1. The smallest absolute Gasteiger partial charge is 0.308 e. The molecule has 0 aromatic carbocycles. The van der Waals surface area contributed by atoms with Crippen LogP contribution in [0.25, 0.3) is 0 Å². The maximum Gasteiger partial charge on any atom is 0.308 e. The number of ether oxygens (including phenoxy) is 1. The van der Waals surface area contributed by atoms with Crippen molar-refractivity contribution in [2.75, 3.05) is 13.7 Å². The Hall–Kier alpha value is -1.32. The van der Waals surface area contributed by atoms with Crippen LogP contribution >= 0.6 is 0 Å². The fraction of sp³-hybridized carbons (Fsp3) is 0.733. The lowest BCUT2D eigenvalue weighted by Gasteiger charge is -2.45. The van der Waals surface area contributed by atoms with Gasteiger partial charge in [-0.15, -0.1) is 0 Å². The Bertz CT molecular complexity index is 400. The first-order valence-electron chi connectivity index (χ1n) is 7.02. The van der Waals surface area contributed by atoms with Gasteiger partial charge in [0, 0.05) is 18.2 Å². The first-order valence-corrected chi connectivity index (χ1v) is 7.02. The maximum absolute atomic E-state index is 11.9. The van der Waals surface area contributed by atoms with Gasteiger partial charge in [0.25, 0.3) is 0 Å². The number of carbonyl (C=O) groups excluding carboxylic acids is 2. The number of methoxy groups -OCH3 is 1. The van der Waals surface area contributed by atoms with E-state index in [-0.39, 0.29) is 23.3 Å². The first kappa shape index (κ1) is 14.1. The van der Waals surface area contributed by atoms with Crippen molar-refractivity contribution in [2.24, 2.45) is 11.8 Å². The van der Waals surface area contributed by atoms with Crippen LogP contribution in [0.3, 0.4) is 0 Å². The van der Waals surface area contributed by atoms with E-state index in [0.717, 1.165) is 25.7 Å². The Balaban J connectivity index is 2.07. The second-order valence-electron chi connectivity index (χ2n) is 6.09. The van der Waals surface area contributed by atoms with Gasteiger partial charge in [-0.05, 0) is 39.0 Å². The molecule has 0 bridgehead atoms. The minimum atomic E-state index is -0.201. The largest absolute Gasteiger partial charge is 0.469 e. The van der Waals surface area contributed by atoms with Crippen molar-refractivity contribution in [1.82, 2.24) is 4.90 Å². The Morgan fingerprint density at radius 3 is 2.74 bits per heavy atom. The van der Waals surface area contributed by atoms with Gasteiger partial charge in [0.15, 0.2) is 0 Å². The molecule has 4 heteroatoms. The highest BCUT2D eigenvalue weighted by molar-refractivity contribution is 5.90. The minimum absolute atomic E-state index is 0.00584. The molecule has 2 aliphatic rings. The predicted molar refractivity (Wildman–Crippen MR) is 72.4 cm³/mol. The summed E-state index contributed by atoms with van der Waals surface area (Å²) in [4.78, 5) is 25.5. The van der Waals surface area contributed by atoms with E-state index in [1.807, 2.05) is 11.0 Å². The Labute approximate surface area is 114 Å². The summed E-state index contributed by atoms with van der Waals surface area (Å²) in [5, 5.41) is 0. The van der Waals surface area contributed by atoms with Crippen molar-refractivity contribution < 1.29 is 14.3 Å². The molecule has 1 fully saturated rings. The molecular weight excluding hydrogens is 242 g/mol. The van der Waals surface area contributed by atoms with E-state index < -0.39 is 0 Å². The summed E-state index contributed by atoms with van der Waals surface area (Å²) in [5.41, 5.74) is -0.201. The summed E-state index contributed by atoms with van der Waals surface area (Å²) in [7, 11) is 1.45. The molecule has 106 valence electrons. The van der Waals surface area contributed by atoms with E-state index in [2.05, 4.69) is 13.8 Å². The Morgan fingerprint density at radius 2 is 2.16 bits per heavy atom. The van der Waals surface area contributed by atoms with Gasteiger partial charge in [-0.1, -0.05) is 12.5 Å². The molecular formula is C15H23NO3. The molecule has 0 radical (unpaired) electrons. The summed E-state index contributed by atoms with van der Waals surface area (Å²) in [6.07, 6.45) is 7.38. The van der Waals surface area contributed by atoms with Gasteiger partial charge in [0.05, 0.1) is 13.0 Å². The standard InChI is InChI=1S/C15H23NO3/c1-15(2,16-9-5-8-13(16)17)12-7-4-6-11(10-12)14(18)19-3/h5,8,11-12H,4,6-7,9-10H2,1-3H3. The molecule has 0 N–H and O–H groups in total. The van der Waals surface area contributed by atoms with Crippen molar-refractivity contribution in [3.05, 3.63) is 12.2 Å². The average Bonchev–Trinajstić information content (AvgIpc) is 2.85. The van der Waals surface area contributed by atoms with Crippen LogP contribution in [0.1, 0.15) is 39.5 Å². The molecule has 1 aliphatic carbocycles. The summed E-state index contributed by atoms with van der Waals surface area (Å²) >= 11 is 0. The first-order chi connectivity index (χ1) is 8.96. The molecule has 0 aromatic heterocycles. The number of carbonyl (C=O) groups is 2. The summed E-state index contributed by atoms with van der Waals surface area (Å²) in [6.45, 7) is 4.91. The molecule has 1 amide bonds. The zero-order chi connectivity index (χ0) is 14.0. The predicted octanol–water partition coefficient (Wildman–Crippen LogP) is 2.14. The second kappa shape index (κ2) is 5.35. The molecule has 19 heavy (non-hydrogen) atoms. The van der Waals surface area contributed by atoms with Gasteiger partial charge < -0.3 is 9.64 Å². The van der Waals surface area contributed by atoms with Crippen molar-refractivity contribution in [3.63, 3.8) is 0 Å². The van der Waals surface area contributed by atoms with E-state index in [1.165, 1.54) is 7.11 Å². The zero-order valence-corrected chi connectivity index (χ0v) is 12.0. The van der Waals surface area contributed by atoms with Gasteiger partial charge >= 0.3 is 5.97 Å². The third-order valence-electron chi connectivity index (χ3n) is 4.72. The number of esters is 1. The lowest BCUT2D eigenvalue weighted by molar-refractivity contribution is -0.148. The Kier molecular flexibility index (Phi) is 3.97. The van der Waals surface area contributed by atoms with Crippen LogP contribution in [0.5, 0.6) is 0 Å². The van der Waals surface area contributed by atoms with E-state index in [4.69, 9.17) is 4.74 Å². The van der Waals surface area contributed by atoms with E-state index in [0.29, 0.717) is 12.5 Å². The number of amides is 1. The van der Waals surface area contributed by atoms with Crippen LogP contribution in [0, 0.1) is 11.8 Å². The molecule has 2 unspecified atom stereocenters. The number of rotatable bonds is 3. The van der Waals surface area contributed by atoms with Crippen LogP contribution in [-0.4, -0.2) is 36.0 Å². The van der Waals surface area contributed by atoms with Gasteiger partial charge in [0.2, 0.25) is 5.91 Å². The molecule has 4 nitrogen and oxygen atoms in total. The van der Waals surface area contributed by atoms with Crippen molar-refractivity contribution in [1.29, 1.82) is 0 Å². The van der Waals surface area contributed by atoms with Crippen LogP contribution in [0.2, 0.25) is 0 Å². The van der Waals surface area contributed by atoms with E-state index in [9.17, 15) is 9.59 Å². The summed E-state index contributed by atoms with van der Waals surface area (Å²) in [5.74, 6) is 0.333. The number of hydrogen-bond donors (Lipinski definition) is 0. The van der Waals surface area contributed by atoms with E-state index in [1.54, 1.807) is 6.08 Å². The molecule has 1 heterocycles. The third-order valence-corrected chi connectivity index (χ3v) is 4.72. The van der Waals surface area contributed by atoms with Gasteiger partial charge in [-0.3, -0.25) is 9.59 Å². The zero-order valence-electron chi connectivity index (χ0n) is 12.0. The highest BCUT2D eigenvalue weighted by atomic mass is 16.5. The third kappa shape index (κ3) is 2.67. The Morgan fingerprint density at radius 1 is 1.42 bits per heavy atom. The molecule has 0 saturated heterocycles. The van der Waals surface area contributed by atoms with Crippen LogP contribution in [-0.2, 0) is 14.3 Å². The van der Waals surface area contributed by atoms with Crippen LogP contribution in [0.4, 0.5) is 0 Å². The highest BCUT2D eigenvalue weighted by Gasteiger charge is 2.42. The fourth-order valence-corrected chi connectivity index (χ4v) is 3.39. The lowest BCUT2D eigenvalue weighted by Crippen LogP contribution is -2.51. The summed E-state index contributed by atoms with van der Waals surface area (Å²) < 4.78 is 4.87. The maximum atomic E-state index is 11.9. The molecule has 1 saturated carbocycles. The summed E-state index contributed by atoms with van der Waals surface area (Å²) in [6, 6.07) is 0. The minimum Gasteiger partial charge on any atom is -0.469 e. The average molecular weight is 265 g/mol. The molecule has 2 atom stereocenters. The molecule has 1 aliphatic heterocycles. The van der Waals surface area contributed by atoms with Crippen molar-refractivity contribution in [2.45, 2.75) is 45.1 Å². The highest BCUT2D eigenvalue weighted by Crippen LogP contribution is 2.39. The van der Waals surface area contributed by atoms with Gasteiger partial charge in [-0.25, -0.2) is 0 Å². The monoisotopic (exact) mass is 265 g/mol. The lowest BCUT2D eigenvalue weighted by atomic mass is 9.71. The van der Waals surface area contributed by atoms with Crippen LogP contribution in [0.15, 0.2) is 12.2 Å². The van der Waals surface area contributed by atoms with Gasteiger partial charge in [0.1, 0.15) is 0 Å². The second-order valence-corrected chi connectivity index (χ2v) is 6.09. The number of nitrogens with zero attached hydrogens (tertiary/aromatic N) is 1. The van der Waals surface area contributed by atoms with Crippen molar-refractivity contribution >= 4 is 11.9 Å². The molecule has 2 rings (SSSR count). The normalized spacial score (nSPS) is 27.7.